The van der Waals surface area contributed by atoms with Crippen LogP contribution in [-0.4, -0.2) is 29.6 Å². The highest BCUT2D eigenvalue weighted by atomic mass is 127. The Morgan fingerprint density at radius 3 is 2.85 bits per heavy atom. The van der Waals surface area contributed by atoms with Crippen LogP contribution < -0.4 is 10.6 Å². The molecule has 3 N–H and O–H groups in total. The van der Waals surface area contributed by atoms with E-state index in [4.69, 9.17) is 0 Å². The van der Waals surface area contributed by atoms with Crippen molar-refractivity contribution in [3.63, 3.8) is 0 Å². The quantitative estimate of drug-likeness (QED) is 0.695. The summed E-state index contributed by atoms with van der Waals surface area (Å²) in [5.74, 6) is -0.953. The lowest BCUT2D eigenvalue weighted by molar-refractivity contribution is -0.119. The van der Waals surface area contributed by atoms with Gasteiger partial charge in [0.2, 0.25) is 5.91 Å². The average molecular weight is 388 g/mol. The molecule has 0 spiro atoms. The highest BCUT2D eigenvalue weighted by Gasteiger charge is 2.28. The highest BCUT2D eigenvalue weighted by molar-refractivity contribution is 14.1. The normalized spacial score (nSPS) is 22.3. The Kier molecular flexibility index (Phi) is 4.98. The second kappa shape index (κ2) is 6.53. The van der Waals surface area contributed by atoms with Gasteiger partial charge in [-0.2, -0.15) is 0 Å². The van der Waals surface area contributed by atoms with Crippen molar-refractivity contribution in [2.45, 2.75) is 25.8 Å². The number of amides is 1. The molecular weight excluding hydrogens is 371 g/mol. The van der Waals surface area contributed by atoms with Crippen LogP contribution in [0.4, 0.5) is 5.69 Å². The molecule has 1 amide bonds. The molecule has 1 saturated heterocycles. The molecule has 20 heavy (non-hydrogen) atoms. The molecule has 108 valence electrons. The summed E-state index contributed by atoms with van der Waals surface area (Å²) in [7, 11) is 0. The van der Waals surface area contributed by atoms with Gasteiger partial charge in [-0.3, -0.25) is 4.79 Å². The van der Waals surface area contributed by atoms with E-state index < -0.39 is 5.97 Å². The summed E-state index contributed by atoms with van der Waals surface area (Å²) in [6, 6.07) is 4.71. The van der Waals surface area contributed by atoms with Gasteiger partial charge in [-0.05, 0) is 66.1 Å². The topological polar surface area (TPSA) is 78.4 Å². The number of rotatable bonds is 3. The predicted octanol–water partition coefficient (Wildman–Crippen LogP) is 2.32. The molecule has 5 nitrogen and oxygen atoms in total. The summed E-state index contributed by atoms with van der Waals surface area (Å²) >= 11 is 2.05. The number of benzene rings is 1. The Balaban J connectivity index is 2.17. The monoisotopic (exact) mass is 388 g/mol. The molecule has 0 bridgehead atoms. The van der Waals surface area contributed by atoms with Crippen LogP contribution in [0, 0.1) is 9.49 Å². The van der Waals surface area contributed by atoms with Gasteiger partial charge < -0.3 is 15.7 Å². The van der Waals surface area contributed by atoms with Gasteiger partial charge in [0.25, 0.3) is 0 Å². The summed E-state index contributed by atoms with van der Waals surface area (Å²) in [5, 5.41) is 15.1. The number of carboxylic acid groups (broad SMARTS) is 1. The zero-order valence-corrected chi connectivity index (χ0v) is 13.3. The Bertz CT molecular complexity index is 533. The number of hydrogen-bond acceptors (Lipinski definition) is 3. The average Bonchev–Trinajstić information content (AvgIpc) is 2.41. The van der Waals surface area contributed by atoms with Gasteiger partial charge in [0.05, 0.1) is 17.3 Å². The van der Waals surface area contributed by atoms with Gasteiger partial charge in [0, 0.05) is 3.57 Å². The number of carbonyl (C=O) groups excluding carboxylic acids is 1. The van der Waals surface area contributed by atoms with Gasteiger partial charge in [-0.1, -0.05) is 6.92 Å². The van der Waals surface area contributed by atoms with Crippen LogP contribution in [-0.2, 0) is 4.79 Å². The van der Waals surface area contributed by atoms with Crippen LogP contribution in [0.25, 0.3) is 0 Å². The molecule has 6 heteroatoms. The minimum Gasteiger partial charge on any atom is -0.478 e. The van der Waals surface area contributed by atoms with Crippen LogP contribution in [0.3, 0.4) is 0 Å². The van der Waals surface area contributed by atoms with Crippen LogP contribution in [0.5, 0.6) is 0 Å². The van der Waals surface area contributed by atoms with Crippen LogP contribution in [0.2, 0.25) is 0 Å². The minimum atomic E-state index is -1.04. The first-order valence-electron chi connectivity index (χ1n) is 6.56. The van der Waals surface area contributed by atoms with E-state index >= 15 is 0 Å². The summed E-state index contributed by atoms with van der Waals surface area (Å²) in [6.45, 7) is 2.85. The number of carboxylic acids is 1. The molecule has 1 fully saturated rings. The Morgan fingerprint density at radius 1 is 1.45 bits per heavy atom. The first kappa shape index (κ1) is 15.2. The standard InChI is InChI=1S/C14H17IN2O3/c1-8-3-2-6-16-12(8)13(18)17-11-5-4-9(15)7-10(11)14(19)20/h4-5,7-8,12,16H,2-3,6H2,1H3,(H,17,18)(H,19,20). The van der Waals surface area contributed by atoms with Gasteiger partial charge in [0.1, 0.15) is 0 Å². The van der Waals surface area contributed by atoms with Crippen molar-refractivity contribution >= 4 is 40.2 Å². The number of anilines is 1. The minimum absolute atomic E-state index is 0.119. The fourth-order valence-corrected chi connectivity index (χ4v) is 2.90. The summed E-state index contributed by atoms with van der Waals surface area (Å²) in [6.07, 6.45) is 2.07. The molecule has 0 aliphatic carbocycles. The summed E-state index contributed by atoms with van der Waals surface area (Å²) in [5.41, 5.74) is 0.469. The number of nitrogens with one attached hydrogen (secondary N) is 2. The molecule has 0 aromatic heterocycles. The number of aromatic carboxylic acids is 1. The fourth-order valence-electron chi connectivity index (χ4n) is 2.41. The van der Waals surface area contributed by atoms with Crippen molar-refractivity contribution in [2.75, 3.05) is 11.9 Å². The van der Waals surface area contributed by atoms with Crippen molar-refractivity contribution in [2.24, 2.45) is 5.92 Å². The third-order valence-electron chi connectivity index (χ3n) is 3.52. The maximum atomic E-state index is 12.3. The first-order valence-corrected chi connectivity index (χ1v) is 7.64. The van der Waals surface area contributed by atoms with Crippen molar-refractivity contribution in [1.82, 2.24) is 5.32 Å². The molecular formula is C14H17IN2O3. The van der Waals surface area contributed by atoms with E-state index in [-0.39, 0.29) is 23.4 Å². The lowest BCUT2D eigenvalue weighted by Gasteiger charge is -2.29. The molecule has 2 atom stereocenters. The second-order valence-electron chi connectivity index (χ2n) is 5.04. The summed E-state index contributed by atoms with van der Waals surface area (Å²) < 4.78 is 0.821. The lowest BCUT2D eigenvalue weighted by atomic mass is 9.92. The maximum absolute atomic E-state index is 12.3. The third-order valence-corrected chi connectivity index (χ3v) is 4.19. The van der Waals surface area contributed by atoms with Crippen molar-refractivity contribution in [3.05, 3.63) is 27.3 Å². The van der Waals surface area contributed by atoms with E-state index in [9.17, 15) is 14.7 Å². The number of halogens is 1. The van der Waals surface area contributed by atoms with Gasteiger partial charge in [-0.25, -0.2) is 4.79 Å². The van der Waals surface area contributed by atoms with Gasteiger partial charge in [0.15, 0.2) is 0 Å². The van der Waals surface area contributed by atoms with E-state index in [1.807, 2.05) is 29.5 Å². The lowest BCUT2D eigenvalue weighted by Crippen LogP contribution is -2.48. The molecule has 1 aromatic carbocycles. The highest BCUT2D eigenvalue weighted by Crippen LogP contribution is 2.21. The molecule has 1 aromatic rings. The predicted molar refractivity (Wildman–Crippen MR) is 84.9 cm³/mol. The zero-order chi connectivity index (χ0) is 14.7. The van der Waals surface area contributed by atoms with E-state index in [1.54, 1.807) is 18.2 Å². The van der Waals surface area contributed by atoms with Crippen LogP contribution >= 0.6 is 22.6 Å². The summed E-state index contributed by atoms with van der Waals surface area (Å²) in [4.78, 5) is 23.5. The van der Waals surface area contributed by atoms with Crippen molar-refractivity contribution in [1.29, 1.82) is 0 Å². The van der Waals surface area contributed by atoms with Crippen LogP contribution in [0.15, 0.2) is 18.2 Å². The molecule has 0 saturated carbocycles. The van der Waals surface area contributed by atoms with E-state index in [0.717, 1.165) is 23.0 Å². The van der Waals surface area contributed by atoms with Gasteiger partial charge in [-0.15, -0.1) is 0 Å². The zero-order valence-electron chi connectivity index (χ0n) is 11.1. The van der Waals surface area contributed by atoms with Crippen molar-refractivity contribution < 1.29 is 14.7 Å². The van der Waals surface area contributed by atoms with Crippen molar-refractivity contribution in [3.8, 4) is 0 Å². The first-order chi connectivity index (χ1) is 9.49. The SMILES string of the molecule is CC1CCCNC1C(=O)Nc1ccc(I)cc1C(=O)O. The van der Waals surface area contributed by atoms with Gasteiger partial charge >= 0.3 is 5.97 Å². The molecule has 1 heterocycles. The Morgan fingerprint density at radius 2 is 2.20 bits per heavy atom. The largest absolute Gasteiger partial charge is 0.478 e. The smallest absolute Gasteiger partial charge is 0.337 e. The molecule has 1 aliphatic rings. The molecule has 2 unspecified atom stereocenters. The third kappa shape index (κ3) is 3.49. The maximum Gasteiger partial charge on any atom is 0.337 e. The second-order valence-corrected chi connectivity index (χ2v) is 6.28. The number of carbonyl (C=O) groups is 2. The number of piperidine rings is 1. The molecule has 0 radical (unpaired) electrons. The Hall–Kier alpha value is -1.15. The van der Waals surface area contributed by atoms with E-state index in [0.29, 0.717) is 5.69 Å². The molecule has 2 rings (SSSR count). The van der Waals surface area contributed by atoms with Crippen LogP contribution in [0.1, 0.15) is 30.1 Å². The Labute approximate surface area is 131 Å². The number of hydrogen-bond donors (Lipinski definition) is 3. The van der Waals surface area contributed by atoms with E-state index in [1.165, 1.54) is 0 Å². The molecule has 1 aliphatic heterocycles. The fraction of sp³-hybridized carbons (Fsp3) is 0.429. The van der Waals surface area contributed by atoms with E-state index in [2.05, 4.69) is 10.6 Å².